The number of aryl methyl sites for hydroxylation is 1. The fourth-order valence-corrected chi connectivity index (χ4v) is 3.59. The van der Waals surface area contributed by atoms with E-state index >= 15 is 0 Å². The van der Waals surface area contributed by atoms with Crippen molar-refractivity contribution >= 4 is 6.34 Å². The highest BCUT2D eigenvalue weighted by molar-refractivity contribution is 5.60. The van der Waals surface area contributed by atoms with Crippen molar-refractivity contribution in [2.45, 2.75) is 64.3 Å². The number of benzene rings is 1. The highest BCUT2D eigenvalue weighted by Gasteiger charge is 2.64. The quantitative estimate of drug-likeness (QED) is 0.597. The Bertz CT molecular complexity index is 567. The van der Waals surface area contributed by atoms with Crippen molar-refractivity contribution in [3.63, 3.8) is 0 Å². The molecule has 1 aromatic rings. The predicted molar refractivity (Wildman–Crippen MR) is 92.4 cm³/mol. The second-order valence-electron chi connectivity index (χ2n) is 8.05. The Morgan fingerprint density at radius 1 is 1.24 bits per heavy atom. The molecule has 1 saturated carbocycles. The van der Waals surface area contributed by atoms with E-state index in [4.69, 9.17) is 0 Å². The van der Waals surface area contributed by atoms with Crippen molar-refractivity contribution < 1.29 is 0 Å². The molecular formula is C19H30N2. The van der Waals surface area contributed by atoms with E-state index in [-0.39, 0.29) is 16.4 Å². The van der Waals surface area contributed by atoms with Gasteiger partial charge in [-0.15, -0.1) is 0 Å². The molecule has 2 unspecified atom stereocenters. The van der Waals surface area contributed by atoms with Crippen LogP contribution in [0.3, 0.4) is 0 Å². The Balaban J connectivity index is 2.36. The third-order valence-corrected chi connectivity index (χ3v) is 5.52. The third kappa shape index (κ3) is 2.49. The molecule has 0 amide bonds. The monoisotopic (exact) mass is 286 g/mol. The van der Waals surface area contributed by atoms with Crippen molar-refractivity contribution in [3.05, 3.63) is 34.9 Å². The lowest BCUT2D eigenvalue weighted by Gasteiger charge is -2.29. The summed E-state index contributed by atoms with van der Waals surface area (Å²) >= 11 is 0. The molecule has 116 valence electrons. The van der Waals surface area contributed by atoms with Crippen LogP contribution in [0.15, 0.2) is 23.2 Å². The van der Waals surface area contributed by atoms with Crippen LogP contribution in [-0.4, -0.2) is 30.9 Å². The van der Waals surface area contributed by atoms with E-state index in [1.54, 1.807) is 0 Å². The van der Waals surface area contributed by atoms with Gasteiger partial charge in [0, 0.05) is 25.0 Å². The van der Waals surface area contributed by atoms with Crippen molar-refractivity contribution in [1.82, 2.24) is 4.90 Å². The summed E-state index contributed by atoms with van der Waals surface area (Å²) < 4.78 is 0. The molecule has 2 heteroatoms. The van der Waals surface area contributed by atoms with Gasteiger partial charge in [-0.2, -0.15) is 0 Å². The molecule has 2 rings (SSSR count). The number of hydrogen-bond donors (Lipinski definition) is 0. The summed E-state index contributed by atoms with van der Waals surface area (Å²) in [6, 6.07) is 7.02. The van der Waals surface area contributed by atoms with Crippen molar-refractivity contribution in [3.8, 4) is 0 Å². The van der Waals surface area contributed by atoms with E-state index in [9.17, 15) is 0 Å². The lowest BCUT2D eigenvalue weighted by atomic mass is 9.82. The van der Waals surface area contributed by atoms with Crippen LogP contribution in [0.5, 0.6) is 0 Å². The van der Waals surface area contributed by atoms with Crippen LogP contribution in [0.1, 0.15) is 57.7 Å². The first-order chi connectivity index (χ1) is 9.56. The Morgan fingerprint density at radius 2 is 1.86 bits per heavy atom. The first-order valence-electron chi connectivity index (χ1n) is 7.83. The molecule has 0 saturated heterocycles. The Hall–Kier alpha value is -1.31. The summed E-state index contributed by atoms with van der Waals surface area (Å²) in [5.74, 6) is 0. The van der Waals surface area contributed by atoms with Crippen molar-refractivity contribution in [2.75, 3.05) is 14.1 Å². The van der Waals surface area contributed by atoms with Crippen LogP contribution >= 0.6 is 0 Å². The minimum atomic E-state index is 0.167. The molecule has 21 heavy (non-hydrogen) atoms. The summed E-state index contributed by atoms with van der Waals surface area (Å²) in [6.07, 6.45) is 3.13. The van der Waals surface area contributed by atoms with Gasteiger partial charge in [-0.1, -0.05) is 45.9 Å². The summed E-state index contributed by atoms with van der Waals surface area (Å²) in [5.41, 5.74) is 4.90. The van der Waals surface area contributed by atoms with E-state index in [2.05, 4.69) is 76.7 Å². The summed E-state index contributed by atoms with van der Waals surface area (Å²) in [4.78, 5) is 6.44. The fraction of sp³-hybridized carbons (Fsp3) is 0.632. The van der Waals surface area contributed by atoms with Gasteiger partial charge in [0.05, 0.1) is 6.34 Å². The number of likely N-dealkylation sites (N-methyl/N-ethyl adjacent to an activating group) is 1. The lowest BCUT2D eigenvalue weighted by molar-refractivity contribution is 0.338. The molecule has 0 radical (unpaired) electrons. The van der Waals surface area contributed by atoms with Crippen molar-refractivity contribution in [1.29, 1.82) is 0 Å². The molecule has 0 bridgehead atoms. The van der Waals surface area contributed by atoms with Crippen LogP contribution in [0.25, 0.3) is 0 Å². The molecule has 1 aliphatic carbocycles. The average molecular weight is 286 g/mol. The Kier molecular flexibility index (Phi) is 3.72. The van der Waals surface area contributed by atoms with Gasteiger partial charge in [-0.25, -0.2) is 0 Å². The summed E-state index contributed by atoms with van der Waals surface area (Å²) in [7, 11) is 3.97. The zero-order chi connectivity index (χ0) is 16.1. The molecule has 0 N–H and O–H groups in total. The average Bonchev–Trinajstić information content (AvgIpc) is 2.93. The Morgan fingerprint density at radius 3 is 2.33 bits per heavy atom. The van der Waals surface area contributed by atoms with Gasteiger partial charge in [-0.05, 0) is 42.4 Å². The second kappa shape index (κ2) is 4.86. The molecular weight excluding hydrogens is 256 g/mol. The maximum atomic E-state index is 4.17. The van der Waals surface area contributed by atoms with E-state index in [0.717, 1.165) is 0 Å². The van der Waals surface area contributed by atoms with Gasteiger partial charge in [-0.3, -0.25) is 4.99 Å². The molecule has 1 aliphatic rings. The molecule has 0 aliphatic heterocycles. The SMILES string of the molecule is CN=CN(C)C1(C)CC1(C)c1ccc(C(C)(C)C)cc1C. The predicted octanol–water partition coefficient (Wildman–Crippen LogP) is 4.30. The highest BCUT2D eigenvalue weighted by atomic mass is 15.2. The van der Waals surface area contributed by atoms with Gasteiger partial charge in [0.1, 0.15) is 0 Å². The maximum Gasteiger partial charge on any atom is 0.0848 e. The molecule has 2 nitrogen and oxygen atoms in total. The number of rotatable bonds is 3. The first-order valence-corrected chi connectivity index (χ1v) is 7.83. The first kappa shape index (κ1) is 16.1. The third-order valence-electron chi connectivity index (χ3n) is 5.52. The summed E-state index contributed by atoms with van der Waals surface area (Å²) in [6.45, 7) is 13.8. The van der Waals surface area contributed by atoms with Gasteiger partial charge >= 0.3 is 0 Å². The standard InChI is InChI=1S/C19H30N2/c1-14-11-15(17(2,3)4)9-10-16(14)18(5)12-19(18,6)21(8)13-20-7/h9-11,13H,12H2,1-8H3. The van der Waals surface area contributed by atoms with E-state index < -0.39 is 0 Å². The van der Waals surface area contributed by atoms with Gasteiger partial charge in [0.25, 0.3) is 0 Å². The molecule has 0 heterocycles. The Labute approximate surface area is 130 Å². The molecule has 1 fully saturated rings. The van der Waals surface area contributed by atoms with E-state index in [1.807, 2.05) is 13.4 Å². The fourth-order valence-electron chi connectivity index (χ4n) is 3.59. The normalized spacial score (nSPS) is 29.0. The van der Waals surface area contributed by atoms with Crippen LogP contribution in [0.4, 0.5) is 0 Å². The van der Waals surface area contributed by atoms with Gasteiger partial charge in [0.15, 0.2) is 0 Å². The highest BCUT2D eigenvalue weighted by Crippen LogP contribution is 2.60. The number of nitrogens with zero attached hydrogens (tertiary/aromatic N) is 2. The number of hydrogen-bond acceptors (Lipinski definition) is 1. The number of aliphatic imine (C=N–C) groups is 1. The van der Waals surface area contributed by atoms with Crippen LogP contribution in [0.2, 0.25) is 0 Å². The van der Waals surface area contributed by atoms with Gasteiger partial charge < -0.3 is 4.90 Å². The molecule has 0 spiro atoms. The maximum absolute atomic E-state index is 4.17. The van der Waals surface area contributed by atoms with Crippen LogP contribution in [0, 0.1) is 6.92 Å². The summed E-state index contributed by atoms with van der Waals surface area (Å²) in [5, 5.41) is 0. The largest absolute Gasteiger partial charge is 0.360 e. The van der Waals surface area contributed by atoms with E-state index in [1.165, 1.54) is 23.1 Å². The molecule has 1 aromatic carbocycles. The lowest BCUT2D eigenvalue weighted by Crippen LogP contribution is -2.36. The smallest absolute Gasteiger partial charge is 0.0848 e. The van der Waals surface area contributed by atoms with Crippen LogP contribution in [-0.2, 0) is 10.8 Å². The minimum absolute atomic E-state index is 0.167. The van der Waals surface area contributed by atoms with Crippen LogP contribution < -0.4 is 0 Å². The minimum Gasteiger partial charge on any atom is -0.360 e. The second-order valence-corrected chi connectivity index (χ2v) is 8.05. The van der Waals surface area contributed by atoms with Crippen molar-refractivity contribution in [2.24, 2.45) is 4.99 Å². The molecule has 0 aromatic heterocycles. The topological polar surface area (TPSA) is 15.6 Å². The zero-order valence-corrected chi connectivity index (χ0v) is 14.9. The van der Waals surface area contributed by atoms with Gasteiger partial charge in [0.2, 0.25) is 0 Å². The zero-order valence-electron chi connectivity index (χ0n) is 14.9. The molecule has 2 atom stereocenters. The van der Waals surface area contributed by atoms with E-state index in [0.29, 0.717) is 0 Å².